The molecule has 1 heterocycles. The highest BCUT2D eigenvalue weighted by Crippen LogP contribution is 2.38. The van der Waals surface area contributed by atoms with Crippen molar-refractivity contribution in [2.45, 2.75) is 6.18 Å². The number of thiophene rings is 1. The molecule has 7 heteroatoms. The van der Waals surface area contributed by atoms with Crippen molar-refractivity contribution < 1.29 is 13.2 Å². The molecule has 0 spiro atoms. The summed E-state index contributed by atoms with van der Waals surface area (Å²) < 4.78 is 37.5. The number of benzene rings is 1. The summed E-state index contributed by atoms with van der Waals surface area (Å²) in [5, 5.41) is 2.89. The van der Waals surface area contributed by atoms with Crippen LogP contribution in [0.15, 0.2) is 36.4 Å². The minimum Gasteiger partial charge on any atom is -0.376 e. The second-order valence-corrected chi connectivity index (χ2v) is 5.25. The molecular formula is C12H9F3N2S2. The predicted molar refractivity (Wildman–Crippen MR) is 75.2 cm³/mol. The Balaban J connectivity index is 2.23. The fourth-order valence-corrected chi connectivity index (χ4v) is 2.50. The van der Waals surface area contributed by atoms with Crippen LogP contribution in [0, 0.1) is 0 Å². The van der Waals surface area contributed by atoms with E-state index in [1.54, 1.807) is 24.3 Å². The second-order valence-electron chi connectivity index (χ2n) is 3.73. The molecule has 0 saturated carbocycles. The summed E-state index contributed by atoms with van der Waals surface area (Å²) >= 11 is 5.41. The van der Waals surface area contributed by atoms with Crippen molar-refractivity contribution in [2.75, 3.05) is 5.32 Å². The van der Waals surface area contributed by atoms with E-state index in [0.717, 1.165) is 6.07 Å². The Morgan fingerprint density at radius 2 is 1.74 bits per heavy atom. The van der Waals surface area contributed by atoms with Gasteiger partial charge in [0.15, 0.2) is 5.11 Å². The minimum atomic E-state index is -4.30. The Labute approximate surface area is 117 Å². The van der Waals surface area contributed by atoms with Gasteiger partial charge in [-0.25, -0.2) is 0 Å². The van der Waals surface area contributed by atoms with Gasteiger partial charge in [-0.05, 0) is 42.0 Å². The van der Waals surface area contributed by atoms with E-state index in [1.807, 2.05) is 0 Å². The molecule has 2 aromatic rings. The van der Waals surface area contributed by atoms with Crippen molar-refractivity contribution in [3.8, 4) is 10.4 Å². The standard InChI is InChI=1S/C12H9F3N2S2/c13-12(14,15)10-6-5-9(19-10)7-1-3-8(4-2-7)17-11(16)18/h1-6H,(H3,16,17,18). The maximum atomic E-state index is 12.5. The minimum absolute atomic E-state index is 0.142. The third-order valence-electron chi connectivity index (χ3n) is 2.32. The molecule has 0 aliphatic carbocycles. The van der Waals surface area contributed by atoms with Crippen molar-refractivity contribution in [1.82, 2.24) is 0 Å². The van der Waals surface area contributed by atoms with Gasteiger partial charge < -0.3 is 11.1 Å². The van der Waals surface area contributed by atoms with Gasteiger partial charge in [0, 0.05) is 10.6 Å². The van der Waals surface area contributed by atoms with Gasteiger partial charge in [-0.2, -0.15) is 13.2 Å². The molecule has 0 atom stereocenters. The third-order valence-corrected chi connectivity index (χ3v) is 3.60. The largest absolute Gasteiger partial charge is 0.425 e. The van der Waals surface area contributed by atoms with E-state index in [1.165, 1.54) is 6.07 Å². The zero-order chi connectivity index (χ0) is 14.0. The molecule has 1 aromatic heterocycles. The number of hydrogen-bond donors (Lipinski definition) is 2. The number of anilines is 1. The summed E-state index contributed by atoms with van der Waals surface area (Å²) in [5.41, 5.74) is 6.74. The molecule has 1 aromatic carbocycles. The average Bonchev–Trinajstić information content (AvgIpc) is 2.78. The first-order valence-corrected chi connectivity index (χ1v) is 6.42. The average molecular weight is 302 g/mol. The van der Waals surface area contributed by atoms with E-state index in [4.69, 9.17) is 18.0 Å². The zero-order valence-electron chi connectivity index (χ0n) is 9.49. The summed E-state index contributed by atoms with van der Waals surface area (Å²) in [6, 6.07) is 9.40. The highest BCUT2D eigenvalue weighted by atomic mass is 32.1. The molecule has 0 aliphatic rings. The summed E-state index contributed by atoms with van der Waals surface area (Å²) in [5.74, 6) is 0. The molecular weight excluding hydrogens is 293 g/mol. The molecule has 3 N–H and O–H groups in total. The molecule has 0 bridgehead atoms. The van der Waals surface area contributed by atoms with Crippen LogP contribution in [0.2, 0.25) is 0 Å². The van der Waals surface area contributed by atoms with Crippen molar-refractivity contribution in [3.63, 3.8) is 0 Å². The second kappa shape index (κ2) is 5.18. The maximum Gasteiger partial charge on any atom is 0.425 e. The van der Waals surface area contributed by atoms with E-state index in [2.05, 4.69) is 5.32 Å². The fraction of sp³-hybridized carbons (Fsp3) is 0.0833. The smallest absolute Gasteiger partial charge is 0.376 e. The van der Waals surface area contributed by atoms with E-state index >= 15 is 0 Å². The fourth-order valence-electron chi connectivity index (χ4n) is 1.51. The number of halogens is 3. The molecule has 2 nitrogen and oxygen atoms in total. The topological polar surface area (TPSA) is 38.0 Å². The van der Waals surface area contributed by atoms with E-state index < -0.39 is 11.1 Å². The SMILES string of the molecule is NC(=S)Nc1ccc(-c2ccc(C(F)(F)F)s2)cc1. The lowest BCUT2D eigenvalue weighted by Crippen LogP contribution is -2.18. The summed E-state index contributed by atoms with van der Waals surface area (Å²) in [6.07, 6.45) is -4.30. The van der Waals surface area contributed by atoms with Crippen LogP contribution >= 0.6 is 23.6 Å². The summed E-state index contributed by atoms with van der Waals surface area (Å²) in [6.45, 7) is 0. The number of alkyl halides is 3. The number of rotatable bonds is 2. The number of hydrogen-bond acceptors (Lipinski definition) is 2. The van der Waals surface area contributed by atoms with Gasteiger partial charge in [-0.15, -0.1) is 11.3 Å². The van der Waals surface area contributed by atoms with Crippen LogP contribution < -0.4 is 11.1 Å². The van der Waals surface area contributed by atoms with Crippen LogP contribution in [0.25, 0.3) is 10.4 Å². The van der Waals surface area contributed by atoms with Crippen LogP contribution in [-0.2, 0) is 6.18 Å². The number of nitrogens with one attached hydrogen (secondary N) is 1. The highest BCUT2D eigenvalue weighted by molar-refractivity contribution is 7.80. The molecule has 2 rings (SSSR count). The molecule has 0 fully saturated rings. The highest BCUT2D eigenvalue weighted by Gasteiger charge is 2.32. The first-order chi connectivity index (χ1) is 8.86. The van der Waals surface area contributed by atoms with Crippen LogP contribution in [0.1, 0.15) is 4.88 Å². The molecule has 19 heavy (non-hydrogen) atoms. The number of nitrogens with two attached hydrogens (primary N) is 1. The first-order valence-electron chi connectivity index (χ1n) is 5.20. The van der Waals surface area contributed by atoms with E-state index in [9.17, 15) is 13.2 Å². The molecule has 0 unspecified atom stereocenters. The Hall–Kier alpha value is -1.60. The first kappa shape index (κ1) is 13.8. The van der Waals surface area contributed by atoms with Gasteiger partial charge in [0.25, 0.3) is 0 Å². The summed E-state index contributed by atoms with van der Waals surface area (Å²) in [7, 11) is 0. The lowest BCUT2D eigenvalue weighted by Gasteiger charge is -2.04. The molecule has 0 aliphatic heterocycles. The van der Waals surface area contributed by atoms with Gasteiger partial charge >= 0.3 is 6.18 Å². The monoisotopic (exact) mass is 302 g/mol. The molecule has 100 valence electrons. The maximum absolute atomic E-state index is 12.5. The Bertz CT molecular complexity index is 588. The third kappa shape index (κ3) is 3.45. The molecule has 0 amide bonds. The lowest BCUT2D eigenvalue weighted by atomic mass is 10.2. The van der Waals surface area contributed by atoms with Gasteiger partial charge in [0.1, 0.15) is 4.88 Å². The van der Waals surface area contributed by atoms with Crippen LogP contribution in [0.4, 0.5) is 18.9 Å². The number of thiocarbonyl (C=S) groups is 1. The van der Waals surface area contributed by atoms with Gasteiger partial charge in [0.05, 0.1) is 0 Å². The Morgan fingerprint density at radius 3 is 2.21 bits per heavy atom. The lowest BCUT2D eigenvalue weighted by molar-refractivity contribution is -0.134. The predicted octanol–water partition coefficient (Wildman–Crippen LogP) is 4.09. The van der Waals surface area contributed by atoms with Crippen molar-refractivity contribution in [3.05, 3.63) is 41.3 Å². The zero-order valence-corrected chi connectivity index (χ0v) is 11.1. The Morgan fingerprint density at radius 1 is 1.11 bits per heavy atom. The van der Waals surface area contributed by atoms with Crippen molar-refractivity contribution in [2.24, 2.45) is 5.73 Å². The van der Waals surface area contributed by atoms with Crippen LogP contribution in [0.3, 0.4) is 0 Å². The van der Waals surface area contributed by atoms with Gasteiger partial charge in [-0.3, -0.25) is 0 Å². The normalized spacial score (nSPS) is 11.3. The van der Waals surface area contributed by atoms with Gasteiger partial charge in [0.2, 0.25) is 0 Å². The van der Waals surface area contributed by atoms with Crippen molar-refractivity contribution >= 4 is 34.4 Å². The van der Waals surface area contributed by atoms with Gasteiger partial charge in [-0.1, -0.05) is 12.1 Å². The van der Waals surface area contributed by atoms with E-state index in [0.29, 0.717) is 27.5 Å². The molecule has 0 saturated heterocycles. The van der Waals surface area contributed by atoms with Crippen LogP contribution in [0.5, 0.6) is 0 Å². The van der Waals surface area contributed by atoms with E-state index in [-0.39, 0.29) is 5.11 Å². The quantitative estimate of drug-likeness (QED) is 0.821. The molecule has 0 radical (unpaired) electrons. The van der Waals surface area contributed by atoms with Crippen molar-refractivity contribution in [1.29, 1.82) is 0 Å². The Kier molecular flexibility index (Phi) is 3.77. The summed E-state index contributed by atoms with van der Waals surface area (Å²) in [4.78, 5) is -0.0398. The van der Waals surface area contributed by atoms with Crippen LogP contribution in [-0.4, -0.2) is 5.11 Å².